The summed E-state index contributed by atoms with van der Waals surface area (Å²) in [5.41, 5.74) is 7.53. The third-order valence-corrected chi connectivity index (χ3v) is 3.17. The number of amides is 1. The van der Waals surface area contributed by atoms with E-state index in [2.05, 4.69) is 26.2 Å². The van der Waals surface area contributed by atoms with E-state index < -0.39 is 0 Å². The number of carbonyl (C=O) groups is 1. The lowest BCUT2D eigenvalue weighted by Crippen LogP contribution is -2.24. The van der Waals surface area contributed by atoms with Crippen LogP contribution < -0.4 is 15.8 Å². The fourth-order valence-corrected chi connectivity index (χ4v) is 1.95. The van der Waals surface area contributed by atoms with Gasteiger partial charge in [0.25, 0.3) is 5.91 Å². The smallest absolute Gasteiger partial charge is 0.270 e. The summed E-state index contributed by atoms with van der Waals surface area (Å²) in [5, 5.41) is 2.78. The minimum atomic E-state index is -0.248. The summed E-state index contributed by atoms with van der Waals surface area (Å²) in [6.45, 7) is 0.324. The van der Waals surface area contributed by atoms with Crippen molar-refractivity contribution < 1.29 is 9.53 Å². The van der Waals surface area contributed by atoms with Gasteiger partial charge in [0.05, 0.1) is 7.11 Å². The van der Waals surface area contributed by atoms with Gasteiger partial charge in [-0.25, -0.2) is 4.98 Å². The van der Waals surface area contributed by atoms with Crippen LogP contribution in [0.5, 0.6) is 5.75 Å². The average Bonchev–Trinajstić information content (AvgIpc) is 2.45. The van der Waals surface area contributed by atoms with Crippen molar-refractivity contribution in [2.45, 2.75) is 6.54 Å². The van der Waals surface area contributed by atoms with Crippen LogP contribution in [0.2, 0.25) is 0 Å². The van der Waals surface area contributed by atoms with Crippen molar-refractivity contribution in [3.63, 3.8) is 0 Å². The second-order valence-electron chi connectivity index (χ2n) is 4.12. The number of carbonyl (C=O) groups excluding carboxylic acids is 1. The van der Waals surface area contributed by atoms with Gasteiger partial charge in [-0.3, -0.25) is 4.79 Å². The van der Waals surface area contributed by atoms with Crippen molar-refractivity contribution >= 4 is 27.5 Å². The number of nitrogens with two attached hydrogens (primary N) is 1. The van der Waals surface area contributed by atoms with Crippen molar-refractivity contribution in [3.05, 3.63) is 52.3 Å². The number of ether oxygens (including phenoxy) is 1. The molecule has 0 aliphatic heterocycles. The van der Waals surface area contributed by atoms with Crippen LogP contribution in [0, 0.1) is 0 Å². The maximum Gasteiger partial charge on any atom is 0.270 e. The molecule has 1 heterocycles. The molecule has 2 aromatic rings. The molecule has 0 aliphatic rings. The maximum atomic E-state index is 12.0. The van der Waals surface area contributed by atoms with Crippen LogP contribution in [-0.4, -0.2) is 18.0 Å². The predicted molar refractivity (Wildman–Crippen MR) is 80.5 cm³/mol. The Morgan fingerprint density at radius 1 is 1.40 bits per heavy atom. The monoisotopic (exact) mass is 335 g/mol. The molecule has 1 amide bonds. The zero-order valence-corrected chi connectivity index (χ0v) is 12.5. The van der Waals surface area contributed by atoms with E-state index in [1.54, 1.807) is 43.6 Å². The molecule has 0 radical (unpaired) electrons. The molecule has 5 nitrogen and oxygen atoms in total. The number of nitrogens with zero attached hydrogens (tertiary/aromatic N) is 1. The number of pyridine rings is 1. The third kappa shape index (κ3) is 3.48. The lowest BCUT2D eigenvalue weighted by Gasteiger charge is -2.10. The molecule has 104 valence electrons. The molecule has 0 spiro atoms. The number of rotatable bonds is 4. The molecule has 3 N–H and O–H groups in total. The Morgan fingerprint density at radius 3 is 2.85 bits per heavy atom. The molecule has 0 saturated heterocycles. The number of nitrogen functional groups attached to an aromatic ring is 1. The van der Waals surface area contributed by atoms with Gasteiger partial charge < -0.3 is 15.8 Å². The standard InChI is InChI=1S/C14H14BrN3O2/c1-20-13-5-3-11(16)6-9(13)7-18-14(19)12-4-2-10(15)8-17-12/h2-6,8H,7,16H2,1H3,(H,18,19). The van der Waals surface area contributed by atoms with Crippen LogP contribution in [0.25, 0.3) is 0 Å². The second kappa shape index (κ2) is 6.38. The Morgan fingerprint density at radius 2 is 2.20 bits per heavy atom. The van der Waals surface area contributed by atoms with Gasteiger partial charge in [0.15, 0.2) is 0 Å². The molecule has 0 fully saturated rings. The summed E-state index contributed by atoms with van der Waals surface area (Å²) in [6, 6.07) is 8.71. The molecular weight excluding hydrogens is 322 g/mol. The van der Waals surface area contributed by atoms with Crippen molar-refractivity contribution in [3.8, 4) is 5.75 Å². The van der Waals surface area contributed by atoms with Crippen molar-refractivity contribution in [2.75, 3.05) is 12.8 Å². The highest BCUT2D eigenvalue weighted by molar-refractivity contribution is 9.10. The fourth-order valence-electron chi connectivity index (χ4n) is 1.71. The van der Waals surface area contributed by atoms with Gasteiger partial charge >= 0.3 is 0 Å². The molecule has 0 aliphatic carbocycles. The zero-order chi connectivity index (χ0) is 14.5. The molecule has 0 bridgehead atoms. The number of aromatic nitrogens is 1. The summed E-state index contributed by atoms with van der Waals surface area (Å²) in [6.07, 6.45) is 1.58. The Hall–Kier alpha value is -2.08. The van der Waals surface area contributed by atoms with Crippen LogP contribution >= 0.6 is 15.9 Å². The van der Waals surface area contributed by atoms with Gasteiger partial charge in [-0.05, 0) is 46.3 Å². The Bertz CT molecular complexity index is 614. The Kier molecular flexibility index (Phi) is 4.57. The number of hydrogen-bond donors (Lipinski definition) is 2. The summed E-state index contributed by atoms with van der Waals surface area (Å²) < 4.78 is 6.05. The Balaban J connectivity index is 2.06. The van der Waals surface area contributed by atoms with E-state index in [4.69, 9.17) is 10.5 Å². The predicted octanol–water partition coefficient (Wildman–Crippen LogP) is 2.36. The second-order valence-corrected chi connectivity index (χ2v) is 5.03. The molecule has 2 rings (SSSR count). The van der Waals surface area contributed by atoms with Crippen LogP contribution in [-0.2, 0) is 6.54 Å². The van der Waals surface area contributed by atoms with Crippen LogP contribution in [0.15, 0.2) is 41.0 Å². The molecule has 6 heteroatoms. The lowest BCUT2D eigenvalue weighted by molar-refractivity contribution is 0.0945. The first-order chi connectivity index (χ1) is 9.60. The average molecular weight is 336 g/mol. The van der Waals surface area contributed by atoms with Gasteiger partial charge in [-0.15, -0.1) is 0 Å². The molecule has 1 aromatic carbocycles. The minimum absolute atomic E-state index is 0.248. The number of anilines is 1. The summed E-state index contributed by atoms with van der Waals surface area (Å²) in [4.78, 5) is 16.0. The minimum Gasteiger partial charge on any atom is -0.496 e. The highest BCUT2D eigenvalue weighted by atomic mass is 79.9. The van der Waals surface area contributed by atoms with E-state index in [0.717, 1.165) is 10.0 Å². The largest absolute Gasteiger partial charge is 0.496 e. The highest BCUT2D eigenvalue weighted by Crippen LogP contribution is 2.20. The highest BCUT2D eigenvalue weighted by Gasteiger charge is 2.09. The van der Waals surface area contributed by atoms with Crippen LogP contribution in [0.1, 0.15) is 16.1 Å². The fraction of sp³-hybridized carbons (Fsp3) is 0.143. The lowest BCUT2D eigenvalue weighted by atomic mass is 10.1. The molecule has 0 unspecified atom stereocenters. The van der Waals surface area contributed by atoms with Crippen molar-refractivity contribution in [1.82, 2.24) is 10.3 Å². The van der Waals surface area contributed by atoms with Crippen LogP contribution in [0.3, 0.4) is 0 Å². The van der Waals surface area contributed by atoms with E-state index in [1.807, 2.05) is 0 Å². The van der Waals surface area contributed by atoms with Gasteiger partial charge in [0.2, 0.25) is 0 Å². The number of nitrogens with one attached hydrogen (secondary N) is 1. The van der Waals surface area contributed by atoms with Crippen LogP contribution in [0.4, 0.5) is 5.69 Å². The van der Waals surface area contributed by atoms with E-state index >= 15 is 0 Å². The van der Waals surface area contributed by atoms with Gasteiger partial charge in [-0.1, -0.05) is 0 Å². The van der Waals surface area contributed by atoms with Gasteiger partial charge in [-0.2, -0.15) is 0 Å². The van der Waals surface area contributed by atoms with E-state index in [1.165, 1.54) is 0 Å². The molecule has 1 aromatic heterocycles. The normalized spacial score (nSPS) is 10.1. The number of halogens is 1. The van der Waals surface area contributed by atoms with E-state index in [9.17, 15) is 4.79 Å². The molecular formula is C14H14BrN3O2. The first kappa shape index (κ1) is 14.3. The quantitative estimate of drug-likeness (QED) is 0.841. The first-order valence-corrected chi connectivity index (χ1v) is 6.71. The third-order valence-electron chi connectivity index (χ3n) is 2.70. The van der Waals surface area contributed by atoms with Gasteiger partial charge in [0.1, 0.15) is 11.4 Å². The number of hydrogen-bond acceptors (Lipinski definition) is 4. The summed E-state index contributed by atoms with van der Waals surface area (Å²) >= 11 is 3.27. The maximum absolute atomic E-state index is 12.0. The Labute approximate surface area is 125 Å². The molecule has 0 saturated carbocycles. The van der Waals surface area contributed by atoms with Crippen molar-refractivity contribution in [2.24, 2.45) is 0 Å². The summed E-state index contributed by atoms with van der Waals surface area (Å²) in [7, 11) is 1.58. The molecule has 20 heavy (non-hydrogen) atoms. The zero-order valence-electron chi connectivity index (χ0n) is 10.9. The van der Waals surface area contributed by atoms with Gasteiger partial charge in [0, 0.05) is 28.5 Å². The van der Waals surface area contributed by atoms with Crippen molar-refractivity contribution in [1.29, 1.82) is 0 Å². The molecule has 0 atom stereocenters. The SMILES string of the molecule is COc1ccc(N)cc1CNC(=O)c1ccc(Br)cn1. The first-order valence-electron chi connectivity index (χ1n) is 5.92. The van der Waals surface area contributed by atoms with E-state index in [0.29, 0.717) is 23.7 Å². The topological polar surface area (TPSA) is 77.2 Å². The number of methoxy groups -OCH3 is 1. The summed E-state index contributed by atoms with van der Waals surface area (Å²) in [5.74, 6) is 0.435. The number of benzene rings is 1. The van der Waals surface area contributed by atoms with E-state index in [-0.39, 0.29) is 5.91 Å².